The Morgan fingerprint density at radius 2 is 1.58 bits per heavy atom. The summed E-state index contributed by atoms with van der Waals surface area (Å²) < 4.78 is 0. The summed E-state index contributed by atoms with van der Waals surface area (Å²) in [6.45, 7) is 0. The number of aromatic amines is 1. The van der Waals surface area contributed by atoms with Gasteiger partial charge in [0.05, 0.1) is 0 Å². The monoisotopic (exact) mass is 164 g/mol. The van der Waals surface area contributed by atoms with Gasteiger partial charge in [-0.1, -0.05) is 6.07 Å². The van der Waals surface area contributed by atoms with Gasteiger partial charge in [-0.15, -0.1) is 0 Å². The molecule has 0 unspecified atom stereocenters. The molecule has 2 heterocycles. The lowest BCUT2D eigenvalue weighted by Gasteiger charge is -1.70. The molecule has 0 aliphatic rings. The molecule has 0 amide bonds. The lowest BCUT2D eigenvalue weighted by Crippen LogP contribution is -1.58. The molecule has 2 aromatic rings. The summed E-state index contributed by atoms with van der Waals surface area (Å²) in [5.74, 6) is 0. The van der Waals surface area contributed by atoms with Crippen LogP contribution in [-0.4, -0.2) is 15.2 Å². The van der Waals surface area contributed by atoms with E-state index in [9.17, 15) is 0 Å². The summed E-state index contributed by atoms with van der Waals surface area (Å²) >= 11 is 0. The average molecular weight is 164 g/mol. The highest BCUT2D eigenvalue weighted by Gasteiger charge is 1.58. The number of aromatic nitrogens is 3. The topological polar surface area (TPSA) is 76.6 Å². The Hall–Kier alpha value is -1.68. The van der Waals surface area contributed by atoms with E-state index < -0.39 is 0 Å². The van der Waals surface area contributed by atoms with Gasteiger partial charge in [-0.3, -0.25) is 10.1 Å². The number of nitrogens with zero attached hydrogens (tertiary/aromatic N) is 2. The largest absolute Gasteiger partial charge is 0.344 e. The zero-order valence-corrected chi connectivity index (χ0v) is 6.72. The van der Waals surface area contributed by atoms with Crippen LogP contribution in [0.4, 0.5) is 0 Å². The Labute approximate surface area is 71.2 Å². The van der Waals surface area contributed by atoms with Crippen LogP contribution in [-0.2, 0) is 0 Å². The molecule has 0 aromatic carbocycles. The summed E-state index contributed by atoms with van der Waals surface area (Å²) in [6, 6.07) is 7.55. The van der Waals surface area contributed by atoms with Crippen LogP contribution in [0, 0.1) is 0 Å². The molecule has 0 bridgehead atoms. The van der Waals surface area contributed by atoms with Gasteiger partial charge in [0.2, 0.25) is 0 Å². The van der Waals surface area contributed by atoms with Crippen LogP contribution in [0.2, 0.25) is 0 Å². The van der Waals surface area contributed by atoms with Gasteiger partial charge < -0.3 is 6.15 Å². The normalized spacial score (nSPS) is 7.33. The Bertz CT molecular complexity index is 197. The summed E-state index contributed by atoms with van der Waals surface area (Å²) in [7, 11) is 0. The van der Waals surface area contributed by atoms with Crippen molar-refractivity contribution in [2.24, 2.45) is 0 Å². The van der Waals surface area contributed by atoms with Crippen molar-refractivity contribution in [1.29, 1.82) is 0 Å². The van der Waals surface area contributed by atoms with Crippen molar-refractivity contribution in [3.05, 3.63) is 49.1 Å². The summed E-state index contributed by atoms with van der Waals surface area (Å²) in [6.07, 6.45) is 6.96. The molecule has 4 N–H and O–H groups in total. The minimum Gasteiger partial charge on any atom is -0.344 e. The number of nitrogens with one attached hydrogen (secondary N) is 1. The predicted octanol–water partition coefficient (Wildman–Crippen LogP) is 1.65. The van der Waals surface area contributed by atoms with Crippen molar-refractivity contribution in [2.45, 2.75) is 0 Å². The van der Waals surface area contributed by atoms with Gasteiger partial charge in [-0.05, 0) is 18.2 Å². The highest BCUT2D eigenvalue weighted by molar-refractivity contribution is 4.88. The third-order valence-corrected chi connectivity index (χ3v) is 0.972. The van der Waals surface area contributed by atoms with Crippen LogP contribution in [0.5, 0.6) is 0 Å². The van der Waals surface area contributed by atoms with E-state index in [4.69, 9.17) is 0 Å². The van der Waals surface area contributed by atoms with Gasteiger partial charge in [0, 0.05) is 24.8 Å². The van der Waals surface area contributed by atoms with Gasteiger partial charge >= 0.3 is 0 Å². The standard InChI is InChI=1S/C5H5N.C3H4N2.H3N/c1-2-4-6-5-3-1;1-2-4-5-3-1;/h1-5H;1-3H,(H,4,5);1H3. The van der Waals surface area contributed by atoms with Gasteiger partial charge in [-0.25, -0.2) is 0 Å². The van der Waals surface area contributed by atoms with E-state index in [0.29, 0.717) is 0 Å². The number of H-pyrrole nitrogens is 1. The number of rotatable bonds is 0. The minimum absolute atomic E-state index is 0. The first kappa shape index (κ1) is 10.3. The quantitative estimate of drug-likeness (QED) is 0.621. The summed E-state index contributed by atoms with van der Waals surface area (Å²) in [5.41, 5.74) is 0. The molecule has 0 saturated carbocycles. The molecule has 12 heavy (non-hydrogen) atoms. The molecular weight excluding hydrogens is 152 g/mol. The molecule has 0 radical (unpaired) electrons. The van der Waals surface area contributed by atoms with Crippen molar-refractivity contribution in [1.82, 2.24) is 21.3 Å². The lowest BCUT2D eigenvalue weighted by atomic mass is 10.5. The Balaban J connectivity index is 0.000000189. The van der Waals surface area contributed by atoms with Crippen LogP contribution in [0.15, 0.2) is 49.1 Å². The number of pyridine rings is 1. The predicted molar refractivity (Wildman–Crippen MR) is 47.8 cm³/mol. The van der Waals surface area contributed by atoms with E-state index >= 15 is 0 Å². The second-order valence-electron chi connectivity index (χ2n) is 1.79. The molecule has 0 aliphatic carbocycles. The zero-order chi connectivity index (χ0) is 7.78. The third-order valence-electron chi connectivity index (χ3n) is 0.972. The maximum absolute atomic E-state index is 3.78. The van der Waals surface area contributed by atoms with E-state index in [0.717, 1.165) is 0 Å². The Morgan fingerprint density at radius 3 is 1.75 bits per heavy atom. The van der Waals surface area contributed by atoms with Crippen LogP contribution < -0.4 is 6.15 Å². The second kappa shape index (κ2) is 7.43. The molecule has 2 aromatic heterocycles. The zero-order valence-electron chi connectivity index (χ0n) is 6.72. The van der Waals surface area contributed by atoms with Crippen LogP contribution >= 0.6 is 0 Å². The van der Waals surface area contributed by atoms with Gasteiger partial charge in [-0.2, -0.15) is 5.10 Å². The molecule has 4 nitrogen and oxygen atoms in total. The SMILES string of the molecule is N.c1ccncc1.c1cn[nH]c1. The summed E-state index contributed by atoms with van der Waals surface area (Å²) in [5, 5.41) is 6.21. The maximum atomic E-state index is 3.78. The molecule has 2 rings (SSSR count). The third kappa shape index (κ3) is 5.13. The van der Waals surface area contributed by atoms with Crippen LogP contribution in [0.3, 0.4) is 0 Å². The molecule has 0 spiro atoms. The van der Waals surface area contributed by atoms with Crippen molar-refractivity contribution < 1.29 is 0 Å². The Morgan fingerprint density at radius 1 is 0.833 bits per heavy atom. The molecular formula is C8H12N4. The van der Waals surface area contributed by atoms with Crippen LogP contribution in [0.1, 0.15) is 0 Å². The lowest BCUT2D eigenvalue weighted by molar-refractivity contribution is 1.09. The Kier molecular flexibility index (Phi) is 6.39. The average Bonchev–Trinajstić information content (AvgIpc) is 2.64. The fraction of sp³-hybridized carbons (Fsp3) is 0. The molecule has 0 aliphatic heterocycles. The first-order valence-corrected chi connectivity index (χ1v) is 3.29. The van der Waals surface area contributed by atoms with Crippen molar-refractivity contribution >= 4 is 0 Å². The first-order chi connectivity index (χ1) is 5.50. The minimum atomic E-state index is 0. The molecule has 4 heteroatoms. The molecule has 64 valence electrons. The highest BCUT2D eigenvalue weighted by atomic mass is 15.1. The van der Waals surface area contributed by atoms with E-state index in [1.807, 2.05) is 24.3 Å². The molecule has 0 atom stereocenters. The van der Waals surface area contributed by atoms with Gasteiger partial charge in [0.25, 0.3) is 0 Å². The molecule has 0 saturated heterocycles. The summed E-state index contributed by atoms with van der Waals surface area (Å²) in [4.78, 5) is 3.78. The smallest absolute Gasteiger partial charge is 0.0487 e. The van der Waals surface area contributed by atoms with Crippen molar-refractivity contribution in [2.75, 3.05) is 0 Å². The molecule has 0 fully saturated rings. The van der Waals surface area contributed by atoms with E-state index in [2.05, 4.69) is 15.2 Å². The van der Waals surface area contributed by atoms with Gasteiger partial charge in [0.15, 0.2) is 0 Å². The first-order valence-electron chi connectivity index (χ1n) is 3.29. The second-order valence-corrected chi connectivity index (χ2v) is 1.79. The van der Waals surface area contributed by atoms with E-state index in [1.165, 1.54) is 0 Å². The fourth-order valence-corrected chi connectivity index (χ4v) is 0.528. The highest BCUT2D eigenvalue weighted by Crippen LogP contribution is 1.73. The van der Waals surface area contributed by atoms with Crippen molar-refractivity contribution in [3.8, 4) is 0 Å². The van der Waals surface area contributed by atoms with Gasteiger partial charge in [0.1, 0.15) is 0 Å². The maximum Gasteiger partial charge on any atom is 0.0487 e. The fourth-order valence-electron chi connectivity index (χ4n) is 0.528. The number of hydrogen-bond donors (Lipinski definition) is 2. The van der Waals surface area contributed by atoms with Crippen LogP contribution in [0.25, 0.3) is 0 Å². The van der Waals surface area contributed by atoms with Crippen molar-refractivity contribution in [3.63, 3.8) is 0 Å². The van der Waals surface area contributed by atoms with E-state index in [1.54, 1.807) is 24.8 Å². The van der Waals surface area contributed by atoms with E-state index in [-0.39, 0.29) is 6.15 Å². The number of hydrogen-bond acceptors (Lipinski definition) is 3.